The number of carbonyl (C=O) groups excluding carboxylic acids is 1. The maximum Gasteiger partial charge on any atom is 0.253 e. The van der Waals surface area contributed by atoms with E-state index >= 15 is 0 Å². The summed E-state index contributed by atoms with van der Waals surface area (Å²) in [4.78, 5) is 14.0. The third-order valence-corrected chi connectivity index (χ3v) is 3.89. The van der Waals surface area contributed by atoms with Crippen LogP contribution >= 0.6 is 24.2 Å². The van der Waals surface area contributed by atoms with Gasteiger partial charge in [-0.1, -0.05) is 6.92 Å². The van der Waals surface area contributed by atoms with Crippen LogP contribution in [0.1, 0.15) is 6.92 Å². The van der Waals surface area contributed by atoms with Gasteiger partial charge in [0.1, 0.15) is 6.10 Å². The molecule has 0 spiro atoms. The largest absolute Gasteiger partial charge is 0.366 e. The molecule has 4 nitrogen and oxygen atoms in total. The second kappa shape index (κ2) is 6.69. The summed E-state index contributed by atoms with van der Waals surface area (Å²) in [5.74, 6) is 1.21. The van der Waals surface area contributed by atoms with Crippen LogP contribution in [0.2, 0.25) is 0 Å². The van der Waals surface area contributed by atoms with Crippen LogP contribution in [0.25, 0.3) is 0 Å². The lowest BCUT2D eigenvalue weighted by atomic mass is 10.2. The number of hydrogen-bond acceptors (Lipinski definition) is 4. The Hall–Kier alpha value is 0.0300. The minimum Gasteiger partial charge on any atom is -0.366 e. The van der Waals surface area contributed by atoms with Crippen LogP contribution < -0.4 is 5.32 Å². The summed E-state index contributed by atoms with van der Waals surface area (Å²) in [6.45, 7) is 6.07. The topological polar surface area (TPSA) is 41.6 Å². The first kappa shape index (κ1) is 14.1. The molecule has 2 atom stereocenters. The van der Waals surface area contributed by atoms with Crippen LogP contribution in [0.5, 0.6) is 0 Å². The molecular weight excluding hydrogens is 248 g/mol. The van der Waals surface area contributed by atoms with Crippen molar-refractivity contribution in [1.29, 1.82) is 0 Å². The molecule has 0 radical (unpaired) electrons. The predicted octanol–water partition coefficient (Wildman–Crippen LogP) is 0.361. The molecule has 0 saturated carbocycles. The van der Waals surface area contributed by atoms with Gasteiger partial charge in [-0.2, -0.15) is 11.8 Å². The summed E-state index contributed by atoms with van der Waals surface area (Å²) < 4.78 is 5.47. The average Bonchev–Trinajstić information content (AvgIpc) is 2.29. The molecule has 16 heavy (non-hydrogen) atoms. The molecule has 0 aromatic heterocycles. The molecular formula is C10H19ClN2O2S. The van der Waals surface area contributed by atoms with E-state index < -0.39 is 0 Å². The number of rotatable bonds is 1. The van der Waals surface area contributed by atoms with Crippen molar-refractivity contribution in [2.75, 3.05) is 38.5 Å². The summed E-state index contributed by atoms with van der Waals surface area (Å²) in [6, 6.07) is 0. The van der Waals surface area contributed by atoms with Crippen LogP contribution in [0, 0.1) is 0 Å². The van der Waals surface area contributed by atoms with Crippen molar-refractivity contribution in [1.82, 2.24) is 10.2 Å². The van der Waals surface area contributed by atoms with Gasteiger partial charge in [0.05, 0.1) is 6.61 Å². The number of halogens is 1. The van der Waals surface area contributed by atoms with Gasteiger partial charge < -0.3 is 15.0 Å². The molecule has 2 fully saturated rings. The fourth-order valence-corrected chi connectivity index (χ4v) is 2.96. The van der Waals surface area contributed by atoms with E-state index in [-0.39, 0.29) is 24.4 Å². The van der Waals surface area contributed by atoms with Crippen molar-refractivity contribution in [3.8, 4) is 0 Å². The summed E-state index contributed by atoms with van der Waals surface area (Å²) in [5.41, 5.74) is 0. The highest BCUT2D eigenvalue weighted by Gasteiger charge is 2.29. The van der Waals surface area contributed by atoms with Gasteiger partial charge in [0.15, 0.2) is 0 Å². The van der Waals surface area contributed by atoms with Gasteiger partial charge >= 0.3 is 0 Å². The Morgan fingerprint density at radius 2 is 2.38 bits per heavy atom. The van der Waals surface area contributed by atoms with Crippen LogP contribution in [-0.4, -0.2) is 60.7 Å². The van der Waals surface area contributed by atoms with E-state index in [2.05, 4.69) is 12.2 Å². The van der Waals surface area contributed by atoms with Crippen molar-refractivity contribution in [2.24, 2.45) is 0 Å². The standard InChI is InChI=1S/C10H18N2O2S.ClH/c1-8-7-12(3-5-15-8)10(13)9-6-11-2-4-14-9;/h8-9,11H,2-7H2,1H3;1H. The third-order valence-electron chi connectivity index (χ3n) is 2.76. The summed E-state index contributed by atoms with van der Waals surface area (Å²) in [5, 5.41) is 3.74. The molecule has 6 heteroatoms. The van der Waals surface area contributed by atoms with Crippen LogP contribution in [-0.2, 0) is 9.53 Å². The van der Waals surface area contributed by atoms with Gasteiger partial charge in [0.25, 0.3) is 5.91 Å². The number of hydrogen-bond donors (Lipinski definition) is 1. The SMILES string of the molecule is CC1CN(C(=O)C2CNCCO2)CCS1.Cl. The van der Waals surface area contributed by atoms with E-state index in [0.717, 1.165) is 25.4 Å². The molecule has 1 N–H and O–H groups in total. The lowest BCUT2D eigenvalue weighted by Crippen LogP contribution is -2.52. The van der Waals surface area contributed by atoms with Gasteiger partial charge in [0.2, 0.25) is 0 Å². The molecule has 2 unspecified atom stereocenters. The molecule has 0 aromatic rings. The van der Waals surface area contributed by atoms with E-state index in [1.165, 1.54) is 0 Å². The zero-order valence-electron chi connectivity index (χ0n) is 9.48. The molecule has 2 saturated heterocycles. The summed E-state index contributed by atoms with van der Waals surface area (Å²) >= 11 is 1.94. The number of nitrogens with one attached hydrogen (secondary N) is 1. The molecule has 2 rings (SSSR count). The van der Waals surface area contributed by atoms with Gasteiger partial charge in [-0.05, 0) is 0 Å². The second-order valence-electron chi connectivity index (χ2n) is 4.03. The minimum absolute atomic E-state index is 0. The number of morpholine rings is 1. The first-order chi connectivity index (χ1) is 7.27. The number of ether oxygens (including phenoxy) is 1. The van der Waals surface area contributed by atoms with Gasteiger partial charge in [-0.15, -0.1) is 12.4 Å². The van der Waals surface area contributed by atoms with Crippen molar-refractivity contribution in [3.05, 3.63) is 0 Å². The fourth-order valence-electron chi connectivity index (χ4n) is 1.95. The Labute approximate surface area is 107 Å². The lowest BCUT2D eigenvalue weighted by Gasteiger charge is -2.34. The molecule has 0 aliphatic carbocycles. The van der Waals surface area contributed by atoms with Crippen molar-refractivity contribution in [3.63, 3.8) is 0 Å². The predicted molar refractivity (Wildman–Crippen MR) is 68.4 cm³/mol. The Morgan fingerprint density at radius 1 is 1.56 bits per heavy atom. The van der Waals surface area contributed by atoms with Crippen molar-refractivity contribution < 1.29 is 9.53 Å². The molecule has 2 aliphatic rings. The van der Waals surface area contributed by atoms with Crippen LogP contribution in [0.3, 0.4) is 0 Å². The molecule has 0 aromatic carbocycles. The third kappa shape index (κ3) is 3.52. The van der Waals surface area contributed by atoms with Gasteiger partial charge in [-0.3, -0.25) is 4.79 Å². The zero-order chi connectivity index (χ0) is 10.7. The highest BCUT2D eigenvalue weighted by molar-refractivity contribution is 7.99. The monoisotopic (exact) mass is 266 g/mol. The second-order valence-corrected chi connectivity index (χ2v) is 5.58. The Morgan fingerprint density at radius 3 is 3.00 bits per heavy atom. The highest BCUT2D eigenvalue weighted by Crippen LogP contribution is 2.18. The van der Waals surface area contributed by atoms with E-state index in [0.29, 0.717) is 18.4 Å². The first-order valence-electron chi connectivity index (χ1n) is 5.50. The average molecular weight is 267 g/mol. The Balaban J connectivity index is 0.00000128. The Bertz CT molecular complexity index is 237. The molecule has 1 amide bonds. The summed E-state index contributed by atoms with van der Waals surface area (Å²) in [7, 11) is 0. The molecule has 0 bridgehead atoms. The van der Waals surface area contributed by atoms with E-state index in [9.17, 15) is 4.79 Å². The minimum atomic E-state index is -0.256. The van der Waals surface area contributed by atoms with Crippen molar-refractivity contribution >= 4 is 30.1 Å². The normalized spacial score (nSPS) is 30.7. The smallest absolute Gasteiger partial charge is 0.253 e. The fraction of sp³-hybridized carbons (Fsp3) is 0.900. The number of carbonyl (C=O) groups is 1. The van der Waals surface area contributed by atoms with Crippen LogP contribution in [0.15, 0.2) is 0 Å². The maximum absolute atomic E-state index is 12.1. The summed E-state index contributed by atoms with van der Waals surface area (Å²) in [6.07, 6.45) is -0.256. The van der Waals surface area contributed by atoms with Crippen molar-refractivity contribution in [2.45, 2.75) is 18.3 Å². The zero-order valence-corrected chi connectivity index (χ0v) is 11.1. The van der Waals surface area contributed by atoms with E-state index in [4.69, 9.17) is 4.74 Å². The van der Waals surface area contributed by atoms with E-state index in [1.807, 2.05) is 16.7 Å². The lowest BCUT2D eigenvalue weighted by molar-refractivity contribution is -0.145. The van der Waals surface area contributed by atoms with E-state index in [1.54, 1.807) is 0 Å². The molecule has 2 heterocycles. The maximum atomic E-state index is 12.1. The molecule has 94 valence electrons. The number of amides is 1. The number of thioether (sulfide) groups is 1. The highest BCUT2D eigenvalue weighted by atomic mass is 35.5. The van der Waals surface area contributed by atoms with Gasteiger partial charge in [0, 0.05) is 37.2 Å². The van der Waals surface area contributed by atoms with Crippen LogP contribution in [0.4, 0.5) is 0 Å². The first-order valence-corrected chi connectivity index (χ1v) is 6.55. The number of nitrogens with zero attached hydrogens (tertiary/aromatic N) is 1. The molecule has 2 aliphatic heterocycles. The quantitative estimate of drug-likeness (QED) is 0.744. The Kier molecular flexibility index (Phi) is 5.89. The van der Waals surface area contributed by atoms with Gasteiger partial charge in [-0.25, -0.2) is 0 Å².